The minimum Gasteiger partial charge on any atom is -0.465 e. The summed E-state index contributed by atoms with van der Waals surface area (Å²) in [6.45, 7) is 4.42. The van der Waals surface area contributed by atoms with Crippen LogP contribution in [0.5, 0.6) is 0 Å². The quantitative estimate of drug-likeness (QED) is 0.616. The van der Waals surface area contributed by atoms with Crippen LogP contribution in [0, 0.1) is 5.41 Å². The summed E-state index contributed by atoms with van der Waals surface area (Å²) in [6.07, 6.45) is 2.92. The van der Waals surface area contributed by atoms with Crippen molar-refractivity contribution in [2.24, 2.45) is 5.41 Å². The molecular weight excluding hydrogens is 238 g/mol. The molecule has 100 valence electrons. The summed E-state index contributed by atoms with van der Waals surface area (Å²) in [7, 11) is 0. The van der Waals surface area contributed by atoms with Gasteiger partial charge in [0.2, 0.25) is 5.69 Å². The van der Waals surface area contributed by atoms with E-state index in [1.54, 1.807) is 0 Å². The minimum absolute atomic E-state index is 0.0339. The third kappa shape index (κ3) is 1.71. The molecule has 3 rings (SSSR count). The number of fused-ring (bicyclic) bond motifs is 2. The largest absolute Gasteiger partial charge is 0.465 e. The lowest BCUT2D eigenvalue weighted by Crippen LogP contribution is -2.38. The molecule has 1 aromatic carbocycles. The first-order valence-corrected chi connectivity index (χ1v) is 7.04. The summed E-state index contributed by atoms with van der Waals surface area (Å²) in [4.78, 5) is 12.3. The van der Waals surface area contributed by atoms with Gasteiger partial charge < -0.3 is 4.74 Å². The van der Waals surface area contributed by atoms with Crippen molar-refractivity contribution in [3.05, 3.63) is 30.3 Å². The Morgan fingerprint density at radius 2 is 2.16 bits per heavy atom. The Morgan fingerprint density at radius 1 is 1.42 bits per heavy atom. The molecule has 1 aliphatic heterocycles. The van der Waals surface area contributed by atoms with E-state index in [1.807, 2.05) is 25.1 Å². The standard InChI is InChI=1S/C16H20NO2/c1-3-19-15(18)16-10-9-14(11-16)17(12(16)2)13-7-5-4-6-8-13/h4-8,14H,3,9-11H2,1-2H3/q+1. The highest BCUT2D eigenvalue weighted by atomic mass is 16.5. The second-order valence-corrected chi connectivity index (χ2v) is 5.49. The van der Waals surface area contributed by atoms with Crippen LogP contribution in [-0.2, 0) is 9.53 Å². The average molecular weight is 258 g/mol. The normalized spacial score (nSPS) is 28.8. The van der Waals surface area contributed by atoms with Crippen molar-refractivity contribution in [2.45, 2.75) is 39.2 Å². The Kier molecular flexibility index (Phi) is 2.92. The predicted molar refractivity (Wildman–Crippen MR) is 73.7 cm³/mol. The molecule has 2 atom stereocenters. The van der Waals surface area contributed by atoms with Gasteiger partial charge in [0.1, 0.15) is 0 Å². The zero-order valence-electron chi connectivity index (χ0n) is 11.6. The van der Waals surface area contributed by atoms with Gasteiger partial charge >= 0.3 is 5.97 Å². The Bertz CT molecular complexity index is 535. The molecule has 19 heavy (non-hydrogen) atoms. The van der Waals surface area contributed by atoms with Gasteiger partial charge in [0.25, 0.3) is 0 Å². The second kappa shape index (κ2) is 4.48. The number of hydrogen-bond donors (Lipinski definition) is 0. The van der Waals surface area contributed by atoms with Crippen LogP contribution in [0.1, 0.15) is 33.1 Å². The van der Waals surface area contributed by atoms with E-state index < -0.39 is 0 Å². The predicted octanol–water partition coefficient (Wildman–Crippen LogP) is 2.91. The first kappa shape index (κ1) is 12.4. The maximum Gasteiger partial charge on any atom is 0.322 e. The molecule has 1 aromatic rings. The molecule has 0 aromatic heterocycles. The number of ether oxygens (including phenoxy) is 1. The van der Waals surface area contributed by atoms with Crippen molar-refractivity contribution in [1.29, 1.82) is 0 Å². The van der Waals surface area contributed by atoms with Gasteiger partial charge in [-0.3, -0.25) is 4.79 Å². The smallest absolute Gasteiger partial charge is 0.322 e. The summed E-state index contributed by atoms with van der Waals surface area (Å²) in [5.41, 5.74) is 1.99. The molecular formula is C16H20NO2+. The number of rotatable bonds is 3. The molecule has 1 aliphatic carbocycles. The van der Waals surface area contributed by atoms with Crippen molar-refractivity contribution >= 4 is 17.4 Å². The molecule has 2 bridgehead atoms. The van der Waals surface area contributed by atoms with Crippen LogP contribution >= 0.6 is 0 Å². The minimum atomic E-state index is -0.365. The van der Waals surface area contributed by atoms with Gasteiger partial charge in [-0.05, 0) is 13.3 Å². The molecule has 0 amide bonds. The maximum atomic E-state index is 12.3. The molecule has 1 saturated carbocycles. The van der Waals surface area contributed by atoms with Gasteiger partial charge in [-0.1, -0.05) is 18.2 Å². The van der Waals surface area contributed by atoms with Crippen molar-refractivity contribution in [2.75, 3.05) is 6.61 Å². The molecule has 3 heteroatoms. The Morgan fingerprint density at radius 3 is 2.84 bits per heavy atom. The van der Waals surface area contributed by atoms with E-state index >= 15 is 0 Å². The fraction of sp³-hybridized carbons (Fsp3) is 0.500. The van der Waals surface area contributed by atoms with Crippen molar-refractivity contribution in [1.82, 2.24) is 0 Å². The first-order chi connectivity index (χ1) is 9.19. The molecule has 2 aliphatic rings. The number of para-hydroxylation sites is 1. The van der Waals surface area contributed by atoms with Gasteiger partial charge in [0.05, 0.1) is 6.61 Å². The number of esters is 1. The van der Waals surface area contributed by atoms with Crippen molar-refractivity contribution < 1.29 is 14.1 Å². The number of carbonyl (C=O) groups is 1. The number of carbonyl (C=O) groups excluding carboxylic acids is 1. The van der Waals surface area contributed by atoms with Gasteiger partial charge in [0, 0.05) is 31.9 Å². The van der Waals surface area contributed by atoms with E-state index in [0.717, 1.165) is 25.0 Å². The summed E-state index contributed by atoms with van der Waals surface area (Å²) in [5.74, 6) is -0.0339. The fourth-order valence-electron chi connectivity index (χ4n) is 3.67. The summed E-state index contributed by atoms with van der Waals surface area (Å²) in [5, 5.41) is 0. The average Bonchev–Trinajstić information content (AvgIpc) is 2.97. The van der Waals surface area contributed by atoms with E-state index in [0.29, 0.717) is 12.6 Å². The zero-order valence-corrected chi connectivity index (χ0v) is 11.6. The van der Waals surface area contributed by atoms with Crippen LogP contribution in [0.2, 0.25) is 0 Å². The van der Waals surface area contributed by atoms with Crippen LogP contribution in [0.4, 0.5) is 5.69 Å². The van der Waals surface area contributed by atoms with Gasteiger partial charge in [-0.25, -0.2) is 0 Å². The van der Waals surface area contributed by atoms with E-state index in [2.05, 4.69) is 23.6 Å². The van der Waals surface area contributed by atoms with Crippen LogP contribution < -0.4 is 0 Å². The SMILES string of the molecule is CCOC(=O)C12CCC(C1)[N+](c1ccccc1)=C2C. The van der Waals surface area contributed by atoms with Crippen molar-refractivity contribution in [3.8, 4) is 0 Å². The zero-order chi connectivity index (χ0) is 13.5. The van der Waals surface area contributed by atoms with E-state index in [-0.39, 0.29) is 11.4 Å². The van der Waals surface area contributed by atoms with Gasteiger partial charge in [-0.15, -0.1) is 0 Å². The molecule has 1 heterocycles. The lowest BCUT2D eigenvalue weighted by Gasteiger charge is -2.21. The van der Waals surface area contributed by atoms with Crippen LogP contribution in [-0.4, -0.2) is 28.9 Å². The maximum absolute atomic E-state index is 12.3. The van der Waals surface area contributed by atoms with Gasteiger partial charge in [-0.2, -0.15) is 4.58 Å². The number of nitrogens with zero attached hydrogens (tertiary/aromatic N) is 1. The Labute approximate surface area is 113 Å². The van der Waals surface area contributed by atoms with Crippen molar-refractivity contribution in [3.63, 3.8) is 0 Å². The molecule has 3 nitrogen and oxygen atoms in total. The second-order valence-electron chi connectivity index (χ2n) is 5.49. The topological polar surface area (TPSA) is 29.3 Å². The van der Waals surface area contributed by atoms with Crippen LogP contribution in [0.3, 0.4) is 0 Å². The monoisotopic (exact) mass is 258 g/mol. The Hall–Kier alpha value is -1.64. The molecule has 0 N–H and O–H groups in total. The highest BCUT2D eigenvalue weighted by Crippen LogP contribution is 2.49. The molecule has 2 unspecified atom stereocenters. The van der Waals surface area contributed by atoms with Gasteiger partial charge in [0.15, 0.2) is 17.2 Å². The highest BCUT2D eigenvalue weighted by Gasteiger charge is 2.61. The lowest BCUT2D eigenvalue weighted by molar-refractivity contribution is -0.478. The van der Waals surface area contributed by atoms with E-state index in [1.165, 1.54) is 5.69 Å². The third-order valence-electron chi connectivity index (χ3n) is 4.61. The molecule has 0 spiro atoms. The number of benzene rings is 1. The lowest BCUT2D eigenvalue weighted by atomic mass is 9.82. The Balaban J connectivity index is 2.03. The highest BCUT2D eigenvalue weighted by molar-refractivity contribution is 6.05. The summed E-state index contributed by atoms with van der Waals surface area (Å²) in [6, 6.07) is 10.8. The first-order valence-electron chi connectivity index (χ1n) is 7.04. The summed E-state index contributed by atoms with van der Waals surface area (Å²) >= 11 is 0. The van der Waals surface area contributed by atoms with Crippen LogP contribution in [0.25, 0.3) is 0 Å². The molecule has 0 radical (unpaired) electrons. The third-order valence-corrected chi connectivity index (χ3v) is 4.61. The fourth-order valence-corrected chi connectivity index (χ4v) is 3.67. The molecule has 1 fully saturated rings. The van der Waals surface area contributed by atoms with E-state index in [4.69, 9.17) is 4.74 Å². The van der Waals surface area contributed by atoms with E-state index in [9.17, 15) is 4.79 Å². The number of hydrogen-bond acceptors (Lipinski definition) is 2. The van der Waals surface area contributed by atoms with Crippen LogP contribution in [0.15, 0.2) is 30.3 Å². The molecule has 0 saturated heterocycles. The summed E-state index contributed by atoms with van der Waals surface area (Å²) < 4.78 is 7.65.